The average molecular weight is 342 g/mol. The van der Waals surface area contributed by atoms with Crippen LogP contribution in [-0.4, -0.2) is 29.2 Å². The third kappa shape index (κ3) is 3.87. The smallest absolute Gasteiger partial charge is 0.160 e. The average Bonchev–Trinajstić information content (AvgIpc) is 2.67. The molecule has 0 unspecified atom stereocenters. The van der Waals surface area contributed by atoms with Crippen LogP contribution in [0.4, 0.5) is 0 Å². The second kappa shape index (κ2) is 5.72. The van der Waals surface area contributed by atoms with Gasteiger partial charge >= 0.3 is 0 Å². The maximum Gasteiger partial charge on any atom is 0.160 e. The molecular weight excluding hydrogens is 322 g/mol. The quantitative estimate of drug-likeness (QED) is 0.613. The molecule has 0 bridgehead atoms. The van der Waals surface area contributed by atoms with Crippen LogP contribution < -0.4 is 0 Å². The van der Waals surface area contributed by atoms with Crippen molar-refractivity contribution < 1.29 is 4.74 Å². The monoisotopic (exact) mass is 341 g/mol. The summed E-state index contributed by atoms with van der Waals surface area (Å²) in [6, 6.07) is 3.15. The second-order valence-corrected chi connectivity index (χ2v) is 12.3. The zero-order chi connectivity index (χ0) is 14.0. The van der Waals surface area contributed by atoms with Crippen LogP contribution in [0.15, 0.2) is 16.9 Å². The third-order valence-electron chi connectivity index (χ3n) is 2.93. The van der Waals surface area contributed by atoms with E-state index >= 15 is 0 Å². The molecule has 2 heterocycles. The van der Waals surface area contributed by atoms with E-state index in [0.717, 1.165) is 28.1 Å². The summed E-state index contributed by atoms with van der Waals surface area (Å²) in [5.74, 6) is 0. The minimum Gasteiger partial charge on any atom is -0.361 e. The van der Waals surface area contributed by atoms with Crippen molar-refractivity contribution in [1.29, 1.82) is 0 Å². The Morgan fingerprint density at radius 2 is 2.05 bits per heavy atom. The molecule has 19 heavy (non-hydrogen) atoms. The molecule has 0 spiro atoms. The van der Waals surface area contributed by atoms with Gasteiger partial charge in [-0.05, 0) is 35.0 Å². The van der Waals surface area contributed by atoms with Gasteiger partial charge in [0.1, 0.15) is 16.9 Å². The highest BCUT2D eigenvalue weighted by atomic mass is 79.9. The molecule has 0 fully saturated rings. The fourth-order valence-corrected chi connectivity index (χ4v) is 2.74. The Morgan fingerprint density at radius 1 is 1.32 bits per heavy atom. The number of nitrogens with zero attached hydrogens (tertiary/aromatic N) is 3. The molecule has 0 saturated heterocycles. The Balaban J connectivity index is 2.03. The van der Waals surface area contributed by atoms with E-state index in [1.165, 1.54) is 6.04 Å². The Hall–Kier alpha value is -0.723. The molecular formula is C13H20BrN3OSi. The first-order valence-electron chi connectivity index (χ1n) is 6.43. The standard InChI is InChI=1S/C13H20BrN3OSi/c1-10-12(14)16-11-5-6-17(13(11)15-10)9-18-7-8-19(2,3)4/h5-6H,7-9H2,1-4H3. The van der Waals surface area contributed by atoms with E-state index in [-0.39, 0.29) is 0 Å². The number of hydrogen-bond donors (Lipinski definition) is 0. The van der Waals surface area contributed by atoms with Crippen LogP contribution in [0, 0.1) is 6.92 Å². The molecule has 2 aromatic rings. The molecule has 0 radical (unpaired) electrons. The predicted octanol–water partition coefficient (Wildman–Crippen LogP) is 3.81. The molecule has 0 aliphatic carbocycles. The Bertz CT molecular complexity index is 577. The van der Waals surface area contributed by atoms with Crippen LogP contribution in [0.5, 0.6) is 0 Å². The molecule has 0 aliphatic heterocycles. The number of ether oxygens (including phenoxy) is 1. The van der Waals surface area contributed by atoms with Crippen molar-refractivity contribution in [3.8, 4) is 0 Å². The number of hydrogen-bond acceptors (Lipinski definition) is 3. The van der Waals surface area contributed by atoms with E-state index in [2.05, 4.69) is 45.5 Å². The van der Waals surface area contributed by atoms with E-state index in [1.54, 1.807) is 0 Å². The highest BCUT2D eigenvalue weighted by Gasteiger charge is 2.12. The lowest BCUT2D eigenvalue weighted by Crippen LogP contribution is -2.22. The van der Waals surface area contributed by atoms with E-state index in [1.807, 2.05) is 23.8 Å². The van der Waals surface area contributed by atoms with Crippen LogP contribution in [0.1, 0.15) is 5.69 Å². The molecule has 6 heteroatoms. The summed E-state index contributed by atoms with van der Waals surface area (Å²) < 4.78 is 8.56. The van der Waals surface area contributed by atoms with Gasteiger partial charge in [0.05, 0.1) is 5.69 Å². The minimum absolute atomic E-state index is 0.545. The number of aryl methyl sites for hydroxylation is 1. The summed E-state index contributed by atoms with van der Waals surface area (Å²) >= 11 is 3.40. The molecule has 0 atom stereocenters. The van der Waals surface area contributed by atoms with Crippen LogP contribution >= 0.6 is 15.9 Å². The first kappa shape index (κ1) is 14.7. The molecule has 0 N–H and O–H groups in total. The lowest BCUT2D eigenvalue weighted by Gasteiger charge is -2.15. The maximum absolute atomic E-state index is 5.75. The fourth-order valence-electron chi connectivity index (χ4n) is 1.70. The van der Waals surface area contributed by atoms with Gasteiger partial charge in [-0.3, -0.25) is 0 Å². The van der Waals surface area contributed by atoms with Crippen molar-refractivity contribution in [3.63, 3.8) is 0 Å². The van der Waals surface area contributed by atoms with E-state index in [0.29, 0.717) is 6.73 Å². The zero-order valence-corrected chi connectivity index (χ0v) is 14.5. The van der Waals surface area contributed by atoms with Crippen molar-refractivity contribution in [2.45, 2.75) is 39.3 Å². The van der Waals surface area contributed by atoms with Crippen molar-refractivity contribution in [3.05, 3.63) is 22.6 Å². The predicted molar refractivity (Wildman–Crippen MR) is 84.1 cm³/mol. The van der Waals surface area contributed by atoms with E-state index in [4.69, 9.17) is 4.74 Å². The van der Waals surface area contributed by atoms with Gasteiger partial charge in [-0.1, -0.05) is 19.6 Å². The first-order valence-corrected chi connectivity index (χ1v) is 10.9. The number of rotatable bonds is 5. The second-order valence-electron chi connectivity index (χ2n) is 5.94. The summed E-state index contributed by atoms with van der Waals surface area (Å²) in [5.41, 5.74) is 2.68. The van der Waals surface area contributed by atoms with Crippen LogP contribution in [0.3, 0.4) is 0 Å². The Labute approximate surface area is 123 Å². The van der Waals surface area contributed by atoms with Crippen molar-refractivity contribution in [2.24, 2.45) is 0 Å². The van der Waals surface area contributed by atoms with E-state index in [9.17, 15) is 0 Å². The van der Waals surface area contributed by atoms with Crippen molar-refractivity contribution in [1.82, 2.24) is 14.5 Å². The van der Waals surface area contributed by atoms with Crippen molar-refractivity contribution >= 4 is 35.2 Å². The topological polar surface area (TPSA) is 39.9 Å². The zero-order valence-electron chi connectivity index (χ0n) is 11.9. The summed E-state index contributed by atoms with van der Waals surface area (Å²) in [6.45, 7) is 10.4. The van der Waals surface area contributed by atoms with Gasteiger partial charge in [-0.25, -0.2) is 9.97 Å². The van der Waals surface area contributed by atoms with Gasteiger partial charge in [-0.2, -0.15) is 0 Å². The van der Waals surface area contributed by atoms with Crippen LogP contribution in [0.25, 0.3) is 11.2 Å². The van der Waals surface area contributed by atoms with Crippen LogP contribution in [0.2, 0.25) is 25.7 Å². The van der Waals surface area contributed by atoms with Gasteiger partial charge in [-0.15, -0.1) is 0 Å². The molecule has 0 amide bonds. The summed E-state index contributed by atoms with van der Waals surface area (Å²) in [4.78, 5) is 8.99. The first-order chi connectivity index (χ1) is 8.87. The minimum atomic E-state index is -1.02. The highest BCUT2D eigenvalue weighted by molar-refractivity contribution is 9.10. The SMILES string of the molecule is Cc1nc2c(ccn2COCC[Si](C)(C)C)nc1Br. The van der Waals surface area contributed by atoms with Crippen molar-refractivity contribution in [2.75, 3.05) is 6.61 Å². The largest absolute Gasteiger partial charge is 0.361 e. The fraction of sp³-hybridized carbons (Fsp3) is 0.538. The summed E-state index contributed by atoms with van der Waals surface area (Å²) in [7, 11) is -1.02. The van der Waals surface area contributed by atoms with Gasteiger partial charge in [0, 0.05) is 20.9 Å². The lowest BCUT2D eigenvalue weighted by molar-refractivity contribution is 0.0898. The Kier molecular flexibility index (Phi) is 4.42. The highest BCUT2D eigenvalue weighted by Crippen LogP contribution is 2.18. The lowest BCUT2D eigenvalue weighted by atomic mass is 10.4. The summed E-state index contributed by atoms with van der Waals surface area (Å²) in [5, 5.41) is 0. The number of aromatic nitrogens is 3. The summed E-state index contributed by atoms with van der Waals surface area (Å²) in [6.07, 6.45) is 1.98. The maximum atomic E-state index is 5.75. The van der Waals surface area contributed by atoms with Crippen LogP contribution in [-0.2, 0) is 11.5 Å². The molecule has 0 aromatic carbocycles. The molecule has 2 aromatic heterocycles. The van der Waals surface area contributed by atoms with Gasteiger partial charge < -0.3 is 9.30 Å². The molecule has 0 saturated carbocycles. The third-order valence-corrected chi connectivity index (χ3v) is 5.39. The van der Waals surface area contributed by atoms with E-state index < -0.39 is 8.07 Å². The molecule has 104 valence electrons. The number of halogens is 1. The number of fused-ring (bicyclic) bond motifs is 1. The molecule has 2 rings (SSSR count). The van der Waals surface area contributed by atoms with Gasteiger partial charge in [0.2, 0.25) is 0 Å². The normalized spacial score (nSPS) is 12.3. The van der Waals surface area contributed by atoms with Gasteiger partial charge in [0.15, 0.2) is 5.65 Å². The van der Waals surface area contributed by atoms with Gasteiger partial charge in [0.25, 0.3) is 0 Å². The Morgan fingerprint density at radius 3 is 2.74 bits per heavy atom. The molecule has 0 aliphatic rings. The molecule has 4 nitrogen and oxygen atoms in total.